The zero-order chi connectivity index (χ0) is 10.1. The summed E-state index contributed by atoms with van der Waals surface area (Å²) in [5.74, 6) is -1.14. The Morgan fingerprint density at radius 2 is 2.00 bits per heavy atom. The molecule has 1 unspecified atom stereocenters. The largest absolute Gasteiger partial charge is 0.479 e. The monoisotopic (exact) mass is 186 g/mol. The Balaban J connectivity index is 3.33. The second-order valence-electron chi connectivity index (χ2n) is 3.05. The molecule has 1 atom stereocenters. The van der Waals surface area contributed by atoms with Crippen LogP contribution < -0.4 is 0 Å². The number of aliphatic hydroxyl groups is 1. The maximum atomic E-state index is 10.2. The molecule has 0 saturated carbocycles. The fourth-order valence-electron chi connectivity index (χ4n) is 0.935. The summed E-state index contributed by atoms with van der Waals surface area (Å²) >= 11 is 0. The van der Waals surface area contributed by atoms with Crippen LogP contribution in [0.4, 0.5) is 0 Å². The van der Waals surface area contributed by atoms with Crippen molar-refractivity contribution < 1.29 is 15.0 Å². The van der Waals surface area contributed by atoms with E-state index in [1.165, 1.54) is 6.42 Å². The summed E-state index contributed by atoms with van der Waals surface area (Å²) in [6.45, 7) is 2.13. The van der Waals surface area contributed by atoms with Gasteiger partial charge in [0.1, 0.15) is 0 Å². The number of carboxylic acids is 1. The first-order chi connectivity index (χ1) is 6.18. The Kier molecular flexibility index (Phi) is 7.30. The van der Waals surface area contributed by atoms with Crippen LogP contribution >= 0.6 is 0 Å². The highest BCUT2D eigenvalue weighted by Crippen LogP contribution is 2.01. The number of allylic oxidation sites excluding steroid dienone is 2. The van der Waals surface area contributed by atoms with E-state index in [0.717, 1.165) is 12.8 Å². The quantitative estimate of drug-likeness (QED) is 0.472. The third-order valence-electron chi connectivity index (χ3n) is 1.78. The fraction of sp³-hybridized carbons (Fsp3) is 0.700. The molecule has 0 aromatic rings. The number of aliphatic hydroxyl groups excluding tert-OH is 1. The minimum atomic E-state index is -1.21. The van der Waals surface area contributed by atoms with Crippen LogP contribution in [0.1, 0.15) is 39.0 Å². The molecule has 3 nitrogen and oxygen atoms in total. The van der Waals surface area contributed by atoms with Crippen LogP contribution in [0.5, 0.6) is 0 Å². The Morgan fingerprint density at radius 3 is 2.54 bits per heavy atom. The summed E-state index contributed by atoms with van der Waals surface area (Å²) in [4.78, 5) is 10.2. The molecular weight excluding hydrogens is 168 g/mol. The molecule has 0 spiro atoms. The molecule has 0 amide bonds. The van der Waals surface area contributed by atoms with E-state index in [1.807, 2.05) is 12.2 Å². The third-order valence-corrected chi connectivity index (χ3v) is 1.78. The van der Waals surface area contributed by atoms with E-state index in [0.29, 0.717) is 12.8 Å². The molecule has 0 fully saturated rings. The lowest BCUT2D eigenvalue weighted by molar-refractivity contribution is -0.146. The molecule has 2 N–H and O–H groups in total. The van der Waals surface area contributed by atoms with Gasteiger partial charge in [-0.1, -0.05) is 31.9 Å². The fourth-order valence-corrected chi connectivity index (χ4v) is 0.935. The number of carboxylic acid groups (broad SMARTS) is 1. The molecule has 0 aromatic heterocycles. The maximum absolute atomic E-state index is 10.2. The van der Waals surface area contributed by atoms with E-state index in [1.54, 1.807) is 0 Å². The van der Waals surface area contributed by atoms with Crippen LogP contribution in [0.15, 0.2) is 12.2 Å². The van der Waals surface area contributed by atoms with E-state index in [2.05, 4.69) is 6.92 Å². The molecule has 0 radical (unpaired) electrons. The van der Waals surface area contributed by atoms with Crippen molar-refractivity contribution in [1.29, 1.82) is 0 Å². The van der Waals surface area contributed by atoms with Gasteiger partial charge in [0.25, 0.3) is 0 Å². The second-order valence-corrected chi connectivity index (χ2v) is 3.05. The summed E-state index contributed by atoms with van der Waals surface area (Å²) in [5, 5.41) is 17.2. The third kappa shape index (κ3) is 7.53. The van der Waals surface area contributed by atoms with Crippen LogP contribution in [-0.4, -0.2) is 22.3 Å². The topological polar surface area (TPSA) is 57.5 Å². The van der Waals surface area contributed by atoms with Gasteiger partial charge in [0, 0.05) is 0 Å². The smallest absolute Gasteiger partial charge is 0.332 e. The molecule has 0 rings (SSSR count). The van der Waals surface area contributed by atoms with Gasteiger partial charge in [-0.15, -0.1) is 0 Å². The van der Waals surface area contributed by atoms with Crippen LogP contribution in [-0.2, 0) is 4.79 Å². The zero-order valence-corrected chi connectivity index (χ0v) is 8.07. The number of hydrogen-bond acceptors (Lipinski definition) is 2. The van der Waals surface area contributed by atoms with Crippen LogP contribution in [0.2, 0.25) is 0 Å². The van der Waals surface area contributed by atoms with Crippen molar-refractivity contribution in [3.05, 3.63) is 12.2 Å². The van der Waals surface area contributed by atoms with E-state index >= 15 is 0 Å². The lowest BCUT2D eigenvalue weighted by Gasteiger charge is -2.00. The number of aliphatic carboxylic acids is 1. The molecule has 0 saturated heterocycles. The maximum Gasteiger partial charge on any atom is 0.332 e. The molecule has 0 aliphatic heterocycles. The lowest BCUT2D eigenvalue weighted by atomic mass is 10.1. The molecule has 0 aliphatic rings. The number of carbonyl (C=O) groups is 1. The standard InChI is InChI=1S/C10H18O3/c1-2-3-4-5-6-7-8-9(11)10(12)13/h5-6,9,11H,2-4,7-8H2,1H3,(H,12,13). The minimum Gasteiger partial charge on any atom is -0.479 e. The Labute approximate surface area is 79.1 Å². The van der Waals surface area contributed by atoms with Gasteiger partial charge in [-0.05, 0) is 19.3 Å². The van der Waals surface area contributed by atoms with Gasteiger partial charge < -0.3 is 10.2 Å². The number of hydrogen-bond donors (Lipinski definition) is 2. The van der Waals surface area contributed by atoms with E-state index < -0.39 is 12.1 Å². The van der Waals surface area contributed by atoms with Gasteiger partial charge in [-0.3, -0.25) is 0 Å². The lowest BCUT2D eigenvalue weighted by Crippen LogP contribution is -2.18. The van der Waals surface area contributed by atoms with Crippen LogP contribution in [0, 0.1) is 0 Å². The first-order valence-corrected chi connectivity index (χ1v) is 4.74. The van der Waals surface area contributed by atoms with Gasteiger partial charge in [0.15, 0.2) is 6.10 Å². The van der Waals surface area contributed by atoms with Crippen molar-refractivity contribution in [2.45, 2.75) is 45.1 Å². The Hall–Kier alpha value is -0.830. The number of rotatable bonds is 7. The van der Waals surface area contributed by atoms with Crippen molar-refractivity contribution in [2.24, 2.45) is 0 Å². The summed E-state index contributed by atoms with van der Waals surface area (Å²) in [6.07, 6.45) is 7.07. The van der Waals surface area contributed by atoms with Crippen molar-refractivity contribution in [1.82, 2.24) is 0 Å². The number of unbranched alkanes of at least 4 members (excludes halogenated alkanes) is 2. The molecule has 0 aromatic carbocycles. The summed E-state index contributed by atoms with van der Waals surface area (Å²) in [6, 6.07) is 0. The summed E-state index contributed by atoms with van der Waals surface area (Å²) in [5.41, 5.74) is 0. The Bertz CT molecular complexity index is 164. The highest BCUT2D eigenvalue weighted by molar-refractivity contribution is 5.71. The van der Waals surface area contributed by atoms with Crippen LogP contribution in [0.3, 0.4) is 0 Å². The molecule has 0 heterocycles. The van der Waals surface area contributed by atoms with Crippen molar-refractivity contribution in [3.63, 3.8) is 0 Å². The SMILES string of the molecule is CCCCC=CCCC(O)C(=O)O. The highest BCUT2D eigenvalue weighted by Gasteiger charge is 2.10. The molecule has 3 heteroatoms. The first kappa shape index (κ1) is 12.2. The minimum absolute atomic E-state index is 0.304. The zero-order valence-electron chi connectivity index (χ0n) is 8.07. The van der Waals surface area contributed by atoms with E-state index in [9.17, 15) is 4.79 Å². The van der Waals surface area contributed by atoms with Gasteiger partial charge in [-0.25, -0.2) is 4.79 Å². The van der Waals surface area contributed by atoms with Gasteiger partial charge >= 0.3 is 5.97 Å². The van der Waals surface area contributed by atoms with Crippen LogP contribution in [0.25, 0.3) is 0 Å². The van der Waals surface area contributed by atoms with E-state index in [4.69, 9.17) is 10.2 Å². The average Bonchev–Trinajstić information content (AvgIpc) is 2.10. The van der Waals surface area contributed by atoms with Crippen molar-refractivity contribution in [2.75, 3.05) is 0 Å². The molecule has 0 bridgehead atoms. The summed E-state index contributed by atoms with van der Waals surface area (Å²) in [7, 11) is 0. The predicted molar refractivity (Wildman–Crippen MR) is 51.5 cm³/mol. The Morgan fingerprint density at radius 1 is 1.38 bits per heavy atom. The van der Waals surface area contributed by atoms with Gasteiger partial charge in [-0.2, -0.15) is 0 Å². The molecule has 13 heavy (non-hydrogen) atoms. The second kappa shape index (κ2) is 7.80. The first-order valence-electron chi connectivity index (χ1n) is 4.74. The van der Waals surface area contributed by atoms with Crippen molar-refractivity contribution in [3.8, 4) is 0 Å². The summed E-state index contributed by atoms with van der Waals surface area (Å²) < 4.78 is 0. The van der Waals surface area contributed by atoms with Gasteiger partial charge in [0.05, 0.1) is 0 Å². The molecule has 0 aliphatic carbocycles. The highest BCUT2D eigenvalue weighted by atomic mass is 16.4. The predicted octanol–water partition coefficient (Wildman–Crippen LogP) is 1.96. The molecule has 76 valence electrons. The van der Waals surface area contributed by atoms with Gasteiger partial charge in [0.2, 0.25) is 0 Å². The average molecular weight is 186 g/mol. The van der Waals surface area contributed by atoms with Crippen molar-refractivity contribution >= 4 is 5.97 Å². The normalized spacial score (nSPS) is 13.4. The van der Waals surface area contributed by atoms with E-state index in [-0.39, 0.29) is 0 Å². The molecular formula is C10H18O3.